The fraction of sp³-hybridized carbons (Fsp3) is 0. The van der Waals surface area contributed by atoms with Crippen molar-refractivity contribution in [2.24, 2.45) is 0 Å². The normalized spacial score (nSPS) is 10.7. The number of hydrogen-bond acceptors (Lipinski definition) is 6. The minimum absolute atomic E-state index is 0.108. The van der Waals surface area contributed by atoms with Crippen LogP contribution in [-0.2, 0) is 0 Å². The molecule has 0 fully saturated rings. The molecule has 3 heterocycles. The van der Waals surface area contributed by atoms with Gasteiger partial charge in [-0.05, 0) is 22.0 Å². The predicted octanol–water partition coefficient (Wildman–Crippen LogP) is 0.588. The molecule has 0 saturated carbocycles. The first-order chi connectivity index (χ1) is 8.72. The standard InChI is InChI=1S/C9H7BrN8/c10-6-4-13-18(5-6)9-15-7(11)14-8(16-9)17-3-1-2-12-17/h1-5H,(H2,11,14,15,16). The lowest BCUT2D eigenvalue weighted by Gasteiger charge is -2.03. The second-order valence-corrected chi connectivity index (χ2v) is 4.26. The quantitative estimate of drug-likeness (QED) is 0.743. The molecule has 0 radical (unpaired) electrons. The fourth-order valence-corrected chi connectivity index (χ4v) is 1.66. The molecule has 0 aliphatic carbocycles. The van der Waals surface area contributed by atoms with Gasteiger partial charge >= 0.3 is 0 Å². The molecule has 0 bridgehead atoms. The molecule has 9 heteroatoms. The van der Waals surface area contributed by atoms with Crippen LogP contribution in [0.1, 0.15) is 0 Å². The van der Waals surface area contributed by atoms with Crippen molar-refractivity contribution in [3.05, 3.63) is 35.3 Å². The third-order valence-corrected chi connectivity index (χ3v) is 2.50. The van der Waals surface area contributed by atoms with Gasteiger partial charge in [0.25, 0.3) is 11.9 Å². The monoisotopic (exact) mass is 306 g/mol. The molecule has 0 amide bonds. The SMILES string of the molecule is Nc1nc(-n2cccn2)nc(-n2cc(Br)cn2)n1. The Labute approximate surface area is 110 Å². The number of rotatable bonds is 2. The van der Waals surface area contributed by atoms with Crippen LogP contribution in [0.15, 0.2) is 35.3 Å². The van der Waals surface area contributed by atoms with Gasteiger partial charge in [0.1, 0.15) is 0 Å². The third kappa shape index (κ3) is 1.95. The van der Waals surface area contributed by atoms with E-state index >= 15 is 0 Å². The molecular weight excluding hydrogens is 300 g/mol. The molecule has 0 aliphatic heterocycles. The van der Waals surface area contributed by atoms with Gasteiger partial charge in [0.05, 0.1) is 10.7 Å². The topological polar surface area (TPSA) is 100 Å². The number of nitrogen functional groups attached to an aromatic ring is 1. The van der Waals surface area contributed by atoms with Gasteiger partial charge in [-0.2, -0.15) is 25.1 Å². The van der Waals surface area contributed by atoms with E-state index < -0.39 is 0 Å². The molecular formula is C9H7BrN8. The summed E-state index contributed by atoms with van der Waals surface area (Å²) >= 11 is 3.30. The van der Waals surface area contributed by atoms with Crippen molar-refractivity contribution < 1.29 is 0 Å². The highest BCUT2D eigenvalue weighted by atomic mass is 79.9. The summed E-state index contributed by atoms with van der Waals surface area (Å²) in [6.45, 7) is 0. The van der Waals surface area contributed by atoms with Crippen LogP contribution < -0.4 is 5.73 Å². The largest absolute Gasteiger partial charge is 0.368 e. The van der Waals surface area contributed by atoms with Gasteiger partial charge in [-0.15, -0.1) is 0 Å². The third-order valence-electron chi connectivity index (χ3n) is 2.09. The maximum absolute atomic E-state index is 5.65. The fourth-order valence-electron chi connectivity index (χ4n) is 1.37. The van der Waals surface area contributed by atoms with Gasteiger partial charge in [0, 0.05) is 18.6 Å². The van der Waals surface area contributed by atoms with Crippen LogP contribution >= 0.6 is 15.9 Å². The van der Waals surface area contributed by atoms with Crippen molar-refractivity contribution in [3.8, 4) is 11.9 Å². The first-order valence-electron chi connectivity index (χ1n) is 4.94. The van der Waals surface area contributed by atoms with Crippen molar-refractivity contribution in [1.82, 2.24) is 34.5 Å². The van der Waals surface area contributed by atoms with E-state index in [2.05, 4.69) is 41.1 Å². The Balaban J connectivity index is 2.11. The summed E-state index contributed by atoms with van der Waals surface area (Å²) in [7, 11) is 0. The average molecular weight is 307 g/mol. The van der Waals surface area contributed by atoms with Gasteiger partial charge in [0.15, 0.2) is 0 Å². The molecule has 0 aromatic carbocycles. The summed E-state index contributed by atoms with van der Waals surface area (Å²) < 4.78 is 3.82. The van der Waals surface area contributed by atoms with Gasteiger partial charge < -0.3 is 5.73 Å². The predicted molar refractivity (Wildman–Crippen MR) is 66.2 cm³/mol. The average Bonchev–Trinajstić information content (AvgIpc) is 2.98. The van der Waals surface area contributed by atoms with E-state index in [1.165, 1.54) is 9.36 Å². The van der Waals surface area contributed by atoms with Gasteiger partial charge in [-0.25, -0.2) is 9.36 Å². The van der Waals surface area contributed by atoms with Gasteiger partial charge in [0.2, 0.25) is 5.95 Å². The summed E-state index contributed by atoms with van der Waals surface area (Å²) in [6, 6.07) is 1.77. The maximum Gasteiger partial charge on any atom is 0.257 e. The molecule has 8 nitrogen and oxygen atoms in total. The summed E-state index contributed by atoms with van der Waals surface area (Å²) in [5.74, 6) is 0.782. The van der Waals surface area contributed by atoms with E-state index in [0.29, 0.717) is 11.9 Å². The zero-order chi connectivity index (χ0) is 12.5. The molecule has 0 aliphatic rings. The minimum Gasteiger partial charge on any atom is -0.368 e. The lowest BCUT2D eigenvalue weighted by atomic mass is 10.7. The van der Waals surface area contributed by atoms with Crippen LogP contribution in [0.5, 0.6) is 0 Å². The Morgan fingerprint density at radius 3 is 2.44 bits per heavy atom. The second-order valence-electron chi connectivity index (χ2n) is 3.35. The van der Waals surface area contributed by atoms with Gasteiger partial charge in [-0.1, -0.05) is 0 Å². The first kappa shape index (κ1) is 10.8. The Morgan fingerprint density at radius 2 is 1.83 bits per heavy atom. The van der Waals surface area contributed by atoms with Crippen LogP contribution in [0.4, 0.5) is 5.95 Å². The Hall–Kier alpha value is -2.29. The van der Waals surface area contributed by atoms with Crippen molar-refractivity contribution >= 4 is 21.9 Å². The number of anilines is 1. The Kier molecular flexibility index (Phi) is 2.52. The van der Waals surface area contributed by atoms with E-state index in [4.69, 9.17) is 5.73 Å². The maximum atomic E-state index is 5.65. The molecule has 0 saturated heterocycles. The lowest BCUT2D eigenvalue weighted by Crippen LogP contribution is -2.11. The van der Waals surface area contributed by atoms with Crippen molar-refractivity contribution in [2.75, 3.05) is 5.73 Å². The smallest absolute Gasteiger partial charge is 0.257 e. The summed E-state index contributed by atoms with van der Waals surface area (Å²) in [6.07, 6.45) is 6.71. The second kappa shape index (κ2) is 4.18. The van der Waals surface area contributed by atoms with Crippen molar-refractivity contribution in [3.63, 3.8) is 0 Å². The molecule has 0 spiro atoms. The number of nitrogens with zero attached hydrogens (tertiary/aromatic N) is 7. The van der Waals surface area contributed by atoms with Crippen molar-refractivity contribution in [2.45, 2.75) is 0 Å². The van der Waals surface area contributed by atoms with E-state index in [1.54, 1.807) is 30.9 Å². The lowest BCUT2D eigenvalue weighted by molar-refractivity contribution is 0.748. The molecule has 0 unspecified atom stereocenters. The van der Waals surface area contributed by atoms with Crippen molar-refractivity contribution in [1.29, 1.82) is 0 Å². The minimum atomic E-state index is 0.108. The number of hydrogen-bond donors (Lipinski definition) is 1. The molecule has 18 heavy (non-hydrogen) atoms. The van der Waals surface area contributed by atoms with E-state index in [0.717, 1.165) is 4.47 Å². The summed E-state index contributed by atoms with van der Waals surface area (Å²) in [5, 5.41) is 8.12. The molecule has 3 aromatic rings. The molecule has 90 valence electrons. The molecule has 3 rings (SSSR count). The zero-order valence-electron chi connectivity index (χ0n) is 8.97. The number of nitrogens with two attached hydrogens (primary N) is 1. The van der Waals surface area contributed by atoms with E-state index in [1.807, 2.05) is 0 Å². The first-order valence-corrected chi connectivity index (χ1v) is 5.74. The highest BCUT2D eigenvalue weighted by Crippen LogP contribution is 2.11. The number of halogens is 1. The van der Waals surface area contributed by atoms with Crippen LogP contribution in [0, 0.1) is 0 Å². The van der Waals surface area contributed by atoms with Crippen LogP contribution in [0.25, 0.3) is 11.9 Å². The summed E-state index contributed by atoms with van der Waals surface area (Å²) in [5.41, 5.74) is 5.65. The van der Waals surface area contributed by atoms with Crippen LogP contribution in [0.2, 0.25) is 0 Å². The van der Waals surface area contributed by atoms with E-state index in [9.17, 15) is 0 Å². The molecule has 2 N–H and O–H groups in total. The summed E-state index contributed by atoms with van der Waals surface area (Å²) in [4.78, 5) is 12.3. The molecule has 0 atom stereocenters. The highest BCUT2D eigenvalue weighted by molar-refractivity contribution is 9.10. The van der Waals surface area contributed by atoms with Gasteiger partial charge in [-0.3, -0.25) is 0 Å². The van der Waals surface area contributed by atoms with E-state index in [-0.39, 0.29) is 5.95 Å². The Bertz CT molecular complexity index is 674. The van der Waals surface area contributed by atoms with Crippen LogP contribution in [0.3, 0.4) is 0 Å². The van der Waals surface area contributed by atoms with Crippen LogP contribution in [-0.4, -0.2) is 34.5 Å². The number of aromatic nitrogens is 7. The molecule has 3 aromatic heterocycles. The zero-order valence-corrected chi connectivity index (χ0v) is 10.6. The Morgan fingerprint density at radius 1 is 1.06 bits per heavy atom. The highest BCUT2D eigenvalue weighted by Gasteiger charge is 2.09.